The first kappa shape index (κ1) is 21.6. The number of aryl methyl sites for hydroxylation is 1. The first-order chi connectivity index (χ1) is 16.3. The lowest BCUT2D eigenvalue weighted by atomic mass is 9.81. The fraction of sp³-hybridized carbons (Fsp3) is 0.517. The molecule has 1 aliphatic carbocycles. The minimum absolute atomic E-state index is 0.700. The van der Waals surface area contributed by atoms with E-state index in [1.165, 1.54) is 96.7 Å². The van der Waals surface area contributed by atoms with Crippen molar-refractivity contribution < 1.29 is 0 Å². The Balaban J connectivity index is 1.44. The molecule has 2 fully saturated rings. The highest BCUT2D eigenvalue weighted by atomic mass is 32.2. The van der Waals surface area contributed by atoms with Gasteiger partial charge in [0.25, 0.3) is 0 Å². The van der Waals surface area contributed by atoms with Crippen LogP contribution in [0.5, 0.6) is 0 Å². The Hall–Kier alpha value is -1.91. The summed E-state index contributed by atoms with van der Waals surface area (Å²) in [7, 11) is 0. The van der Waals surface area contributed by atoms with Gasteiger partial charge in [-0.2, -0.15) is 11.8 Å². The Bertz CT molecular complexity index is 1120. The molecule has 0 radical (unpaired) electrons. The van der Waals surface area contributed by atoms with Gasteiger partial charge < -0.3 is 9.47 Å². The smallest absolute Gasteiger partial charge is 0.0548 e. The number of hydrogen-bond donors (Lipinski definition) is 0. The van der Waals surface area contributed by atoms with Gasteiger partial charge in [-0.3, -0.25) is 4.90 Å². The molecule has 0 bridgehead atoms. The maximum Gasteiger partial charge on any atom is 0.0548 e. The minimum atomic E-state index is 0.700. The average Bonchev–Trinajstić information content (AvgIpc) is 3.09. The molecule has 1 saturated heterocycles. The van der Waals surface area contributed by atoms with Gasteiger partial charge in [0.15, 0.2) is 0 Å². The molecule has 2 aromatic carbocycles. The Morgan fingerprint density at radius 2 is 1.70 bits per heavy atom. The van der Waals surface area contributed by atoms with Crippen LogP contribution in [0.15, 0.2) is 42.5 Å². The summed E-state index contributed by atoms with van der Waals surface area (Å²) >= 11 is 2.10. The highest BCUT2D eigenvalue weighted by Crippen LogP contribution is 2.47. The lowest BCUT2D eigenvalue weighted by molar-refractivity contribution is 0.308. The predicted molar refractivity (Wildman–Crippen MR) is 144 cm³/mol. The molecular formula is C29H37N3S. The number of hydrogen-bond acceptors (Lipinski definition) is 3. The van der Waals surface area contributed by atoms with Crippen molar-refractivity contribution in [2.45, 2.75) is 51.5 Å². The van der Waals surface area contributed by atoms with Gasteiger partial charge in [0.05, 0.1) is 5.69 Å². The Kier molecular flexibility index (Phi) is 6.15. The van der Waals surface area contributed by atoms with E-state index >= 15 is 0 Å². The van der Waals surface area contributed by atoms with Crippen LogP contribution in [0.1, 0.15) is 49.1 Å². The largest absolute Gasteiger partial charge is 0.368 e. The molecule has 33 heavy (non-hydrogen) atoms. The summed E-state index contributed by atoms with van der Waals surface area (Å²) in [5.74, 6) is 3.28. The Morgan fingerprint density at radius 3 is 2.55 bits per heavy atom. The average molecular weight is 460 g/mol. The fourth-order valence-corrected chi connectivity index (χ4v) is 7.40. The summed E-state index contributed by atoms with van der Waals surface area (Å²) in [5.41, 5.74) is 8.89. The minimum Gasteiger partial charge on any atom is -0.368 e. The molecular weight excluding hydrogens is 422 g/mol. The molecule has 0 unspecified atom stereocenters. The molecule has 0 amide bonds. The van der Waals surface area contributed by atoms with Crippen LogP contribution in [0.25, 0.3) is 22.2 Å². The van der Waals surface area contributed by atoms with Crippen LogP contribution in [0.4, 0.5) is 5.69 Å². The van der Waals surface area contributed by atoms with Crippen LogP contribution in [-0.4, -0.2) is 53.7 Å². The van der Waals surface area contributed by atoms with Crippen LogP contribution in [0.2, 0.25) is 0 Å². The first-order valence-corrected chi connectivity index (χ1v) is 14.2. The third-order valence-electron chi connectivity index (χ3n) is 8.16. The standard InChI is InChI=1S/C29H37N3S/c1-22-11-12-24-27(21-22)32-16-15-31(14-13-30-17-19-33-20-18-30)26-10-6-5-9-25(26)29(32)28(24)23-7-3-2-4-8-23/h5-6,9-12,21,23H,2-4,7-8,13-20H2,1H3. The monoisotopic (exact) mass is 459 g/mol. The molecule has 3 aliphatic rings. The zero-order chi connectivity index (χ0) is 22.2. The van der Waals surface area contributed by atoms with Gasteiger partial charge in [0, 0.05) is 72.9 Å². The third-order valence-corrected chi connectivity index (χ3v) is 9.10. The summed E-state index contributed by atoms with van der Waals surface area (Å²) in [6.45, 7) is 9.21. The molecule has 4 heteroatoms. The van der Waals surface area contributed by atoms with Gasteiger partial charge in [-0.25, -0.2) is 0 Å². The summed E-state index contributed by atoms with van der Waals surface area (Å²) in [5, 5.41) is 1.51. The van der Waals surface area contributed by atoms with Crippen molar-refractivity contribution in [2.75, 3.05) is 49.1 Å². The molecule has 1 saturated carbocycles. The van der Waals surface area contributed by atoms with Crippen molar-refractivity contribution in [1.29, 1.82) is 0 Å². The summed E-state index contributed by atoms with van der Waals surface area (Å²) < 4.78 is 2.68. The summed E-state index contributed by atoms with van der Waals surface area (Å²) in [4.78, 5) is 5.34. The van der Waals surface area contributed by atoms with Crippen LogP contribution >= 0.6 is 11.8 Å². The van der Waals surface area contributed by atoms with E-state index in [4.69, 9.17) is 0 Å². The molecule has 2 aliphatic heterocycles. The highest BCUT2D eigenvalue weighted by Gasteiger charge is 2.30. The number of para-hydroxylation sites is 1. The first-order valence-electron chi connectivity index (χ1n) is 13.1. The van der Waals surface area contributed by atoms with Gasteiger partial charge in [-0.15, -0.1) is 0 Å². The molecule has 0 N–H and O–H groups in total. The van der Waals surface area contributed by atoms with Crippen LogP contribution in [0, 0.1) is 6.92 Å². The van der Waals surface area contributed by atoms with Crippen molar-refractivity contribution >= 4 is 28.4 Å². The Labute approximate surface area is 203 Å². The molecule has 3 aromatic rings. The molecule has 3 nitrogen and oxygen atoms in total. The van der Waals surface area contributed by atoms with Gasteiger partial charge in [0.1, 0.15) is 0 Å². The molecule has 6 rings (SSSR count). The number of aromatic nitrogens is 1. The van der Waals surface area contributed by atoms with E-state index in [0.29, 0.717) is 5.92 Å². The molecule has 1 aromatic heterocycles. The maximum atomic E-state index is 2.68. The third kappa shape index (κ3) is 4.10. The second kappa shape index (κ2) is 9.38. The van der Waals surface area contributed by atoms with E-state index < -0.39 is 0 Å². The van der Waals surface area contributed by atoms with Gasteiger partial charge >= 0.3 is 0 Å². The number of rotatable bonds is 4. The number of fused-ring (bicyclic) bond motifs is 5. The zero-order valence-corrected chi connectivity index (χ0v) is 20.9. The zero-order valence-electron chi connectivity index (χ0n) is 20.1. The van der Waals surface area contributed by atoms with Gasteiger partial charge in [-0.05, 0) is 48.9 Å². The number of thioether (sulfide) groups is 1. The van der Waals surface area contributed by atoms with E-state index in [1.54, 1.807) is 5.56 Å². The van der Waals surface area contributed by atoms with Crippen molar-refractivity contribution in [2.24, 2.45) is 0 Å². The van der Waals surface area contributed by atoms with Crippen LogP contribution < -0.4 is 4.90 Å². The van der Waals surface area contributed by atoms with E-state index in [1.807, 2.05) is 0 Å². The van der Waals surface area contributed by atoms with Gasteiger partial charge in [0.2, 0.25) is 0 Å². The van der Waals surface area contributed by atoms with Crippen molar-refractivity contribution in [3.8, 4) is 11.3 Å². The summed E-state index contributed by atoms with van der Waals surface area (Å²) in [6, 6.07) is 16.5. The van der Waals surface area contributed by atoms with Crippen LogP contribution in [0.3, 0.4) is 0 Å². The predicted octanol–water partition coefficient (Wildman–Crippen LogP) is 6.53. The highest BCUT2D eigenvalue weighted by molar-refractivity contribution is 7.99. The number of anilines is 1. The second-order valence-corrected chi connectivity index (χ2v) is 11.5. The lowest BCUT2D eigenvalue weighted by Gasteiger charge is -2.31. The van der Waals surface area contributed by atoms with E-state index in [2.05, 4.69) is 75.5 Å². The maximum absolute atomic E-state index is 2.68. The second-order valence-electron chi connectivity index (χ2n) is 10.2. The number of nitrogens with zero attached hydrogens (tertiary/aromatic N) is 3. The summed E-state index contributed by atoms with van der Waals surface area (Å²) in [6.07, 6.45) is 6.86. The fourth-order valence-electron chi connectivity index (χ4n) is 6.42. The molecule has 174 valence electrons. The van der Waals surface area contributed by atoms with E-state index in [-0.39, 0.29) is 0 Å². The van der Waals surface area contributed by atoms with Crippen molar-refractivity contribution in [3.05, 3.63) is 53.6 Å². The normalized spacial score (nSPS) is 20.0. The molecule has 3 heterocycles. The van der Waals surface area contributed by atoms with Gasteiger partial charge in [-0.1, -0.05) is 49.6 Å². The van der Waals surface area contributed by atoms with Crippen LogP contribution in [-0.2, 0) is 6.54 Å². The number of benzene rings is 2. The molecule has 0 spiro atoms. The SMILES string of the molecule is Cc1ccc2c(C3CCCCC3)c3n(c2c1)CCN(CCN1CCSCC1)c1ccccc1-3. The quantitative estimate of drug-likeness (QED) is 0.439. The van der Waals surface area contributed by atoms with E-state index in [0.717, 1.165) is 19.6 Å². The molecule has 0 atom stereocenters. The van der Waals surface area contributed by atoms with Crippen molar-refractivity contribution in [1.82, 2.24) is 9.47 Å². The van der Waals surface area contributed by atoms with Crippen molar-refractivity contribution in [3.63, 3.8) is 0 Å². The lowest BCUT2D eigenvalue weighted by Crippen LogP contribution is -2.40. The Morgan fingerprint density at radius 1 is 0.879 bits per heavy atom. The van der Waals surface area contributed by atoms with E-state index in [9.17, 15) is 0 Å². The topological polar surface area (TPSA) is 11.4 Å².